The standard InChI is InChI=1S/C35H28N4O4S/c1-20-11-16-26-27(18-20)44-35(36-26)39-30(24-12-14-25(15-13-24)43-19-23-9-5-4-6-10-23)28(32(41)34(39)42)31(40)29-22(3)38-17-7-8-21(2)33(38)37-29/h4-18,30,40H,19H2,1-3H3. The number of amides is 1. The van der Waals surface area contributed by atoms with Crippen LogP contribution in [0.1, 0.15) is 39.7 Å². The van der Waals surface area contributed by atoms with E-state index in [1.807, 2.05) is 104 Å². The first kappa shape index (κ1) is 27.5. The number of pyridine rings is 1. The summed E-state index contributed by atoms with van der Waals surface area (Å²) in [6.07, 6.45) is 1.86. The molecule has 44 heavy (non-hydrogen) atoms. The lowest BCUT2D eigenvalue weighted by Crippen LogP contribution is -2.29. The second-order valence-corrected chi connectivity index (χ2v) is 11.9. The molecule has 6 aromatic rings. The summed E-state index contributed by atoms with van der Waals surface area (Å²) in [4.78, 5) is 38.4. The van der Waals surface area contributed by atoms with Crippen molar-refractivity contribution in [3.05, 3.63) is 130 Å². The van der Waals surface area contributed by atoms with Gasteiger partial charge in [-0.1, -0.05) is 65.9 Å². The molecule has 1 unspecified atom stereocenters. The average molecular weight is 601 g/mol. The van der Waals surface area contributed by atoms with Crippen molar-refractivity contribution in [1.82, 2.24) is 14.4 Å². The Kier molecular flexibility index (Phi) is 6.74. The summed E-state index contributed by atoms with van der Waals surface area (Å²) in [6.45, 7) is 6.15. The Hall–Kier alpha value is -5.28. The number of carbonyl (C=O) groups is 2. The van der Waals surface area contributed by atoms with Crippen LogP contribution in [0.25, 0.3) is 21.6 Å². The number of hydrogen-bond donors (Lipinski definition) is 1. The second kappa shape index (κ2) is 10.8. The molecule has 1 N–H and O–H groups in total. The van der Waals surface area contributed by atoms with E-state index in [0.717, 1.165) is 26.9 Å². The van der Waals surface area contributed by atoms with Gasteiger partial charge in [-0.05, 0) is 73.4 Å². The molecule has 9 heteroatoms. The number of thiazole rings is 1. The summed E-state index contributed by atoms with van der Waals surface area (Å²) >= 11 is 1.33. The summed E-state index contributed by atoms with van der Waals surface area (Å²) in [6, 6.07) is 25.9. The molecular weight excluding hydrogens is 572 g/mol. The Morgan fingerprint density at radius 1 is 0.932 bits per heavy atom. The molecule has 1 aliphatic rings. The van der Waals surface area contributed by atoms with Crippen LogP contribution >= 0.6 is 11.3 Å². The van der Waals surface area contributed by atoms with Gasteiger partial charge < -0.3 is 14.2 Å². The van der Waals surface area contributed by atoms with E-state index >= 15 is 0 Å². The van der Waals surface area contributed by atoms with E-state index in [2.05, 4.69) is 0 Å². The lowest BCUT2D eigenvalue weighted by Gasteiger charge is -2.23. The molecule has 8 nitrogen and oxygen atoms in total. The number of anilines is 1. The summed E-state index contributed by atoms with van der Waals surface area (Å²) in [7, 11) is 0. The highest BCUT2D eigenvalue weighted by atomic mass is 32.1. The molecule has 1 amide bonds. The summed E-state index contributed by atoms with van der Waals surface area (Å²) in [5, 5.41) is 12.2. The van der Waals surface area contributed by atoms with Crippen molar-refractivity contribution in [2.24, 2.45) is 0 Å². The third kappa shape index (κ3) is 4.62. The maximum Gasteiger partial charge on any atom is 0.301 e. The molecule has 0 aliphatic carbocycles. The van der Waals surface area contributed by atoms with Gasteiger partial charge in [0.05, 0.1) is 27.5 Å². The van der Waals surface area contributed by atoms with Crippen molar-refractivity contribution in [3.8, 4) is 5.75 Å². The normalized spacial score (nSPS) is 16.3. The highest BCUT2D eigenvalue weighted by molar-refractivity contribution is 7.22. The summed E-state index contributed by atoms with van der Waals surface area (Å²) in [5.74, 6) is -1.23. The van der Waals surface area contributed by atoms with Crippen LogP contribution in [0, 0.1) is 20.8 Å². The fourth-order valence-electron chi connectivity index (χ4n) is 5.63. The van der Waals surface area contributed by atoms with E-state index in [1.54, 1.807) is 12.1 Å². The van der Waals surface area contributed by atoms with Gasteiger partial charge in [0, 0.05) is 6.20 Å². The third-order valence-corrected chi connectivity index (χ3v) is 8.95. The number of fused-ring (bicyclic) bond motifs is 2. The number of rotatable bonds is 6. The molecule has 1 saturated heterocycles. The Morgan fingerprint density at radius 2 is 1.70 bits per heavy atom. The van der Waals surface area contributed by atoms with Gasteiger partial charge in [-0.25, -0.2) is 9.97 Å². The number of carbonyl (C=O) groups excluding carboxylic acids is 2. The Labute approximate surface area is 257 Å². The molecule has 3 aromatic carbocycles. The van der Waals surface area contributed by atoms with E-state index in [4.69, 9.17) is 14.7 Å². The van der Waals surface area contributed by atoms with Crippen molar-refractivity contribution in [2.45, 2.75) is 33.4 Å². The van der Waals surface area contributed by atoms with Gasteiger partial charge in [-0.2, -0.15) is 0 Å². The summed E-state index contributed by atoms with van der Waals surface area (Å²) in [5.41, 5.74) is 5.92. The molecule has 1 fully saturated rings. The zero-order valence-corrected chi connectivity index (χ0v) is 25.1. The molecule has 0 spiro atoms. The molecule has 7 rings (SSSR count). The number of imidazole rings is 1. The van der Waals surface area contributed by atoms with Crippen molar-refractivity contribution in [2.75, 3.05) is 4.90 Å². The fourth-order valence-corrected chi connectivity index (χ4v) is 6.72. The van der Waals surface area contributed by atoms with Gasteiger partial charge in [0.15, 0.2) is 10.9 Å². The number of aliphatic hydroxyl groups excluding tert-OH is 1. The number of benzene rings is 3. The minimum atomic E-state index is -0.926. The molecule has 4 heterocycles. The van der Waals surface area contributed by atoms with Crippen LogP contribution in [0.4, 0.5) is 5.13 Å². The Balaban J connectivity index is 1.35. The molecule has 1 atom stereocenters. The number of ketones is 1. The van der Waals surface area contributed by atoms with Crippen LogP contribution < -0.4 is 9.64 Å². The van der Waals surface area contributed by atoms with E-state index in [1.165, 1.54) is 16.2 Å². The smallest absolute Gasteiger partial charge is 0.301 e. The van der Waals surface area contributed by atoms with Gasteiger partial charge in [0.25, 0.3) is 5.78 Å². The monoisotopic (exact) mass is 600 g/mol. The minimum absolute atomic E-state index is 0.0347. The van der Waals surface area contributed by atoms with Crippen LogP contribution in [0.3, 0.4) is 0 Å². The fraction of sp³-hybridized carbons (Fsp3) is 0.143. The lowest BCUT2D eigenvalue weighted by molar-refractivity contribution is -0.132. The van der Waals surface area contributed by atoms with Crippen LogP contribution in [0.5, 0.6) is 5.75 Å². The zero-order valence-electron chi connectivity index (χ0n) is 24.3. The summed E-state index contributed by atoms with van der Waals surface area (Å²) < 4.78 is 8.75. The largest absolute Gasteiger partial charge is 0.505 e. The van der Waals surface area contributed by atoms with Crippen molar-refractivity contribution < 1.29 is 19.4 Å². The zero-order chi connectivity index (χ0) is 30.5. The Morgan fingerprint density at radius 3 is 2.45 bits per heavy atom. The highest BCUT2D eigenvalue weighted by Gasteiger charge is 2.48. The van der Waals surface area contributed by atoms with E-state index in [0.29, 0.717) is 34.4 Å². The van der Waals surface area contributed by atoms with E-state index < -0.39 is 17.7 Å². The van der Waals surface area contributed by atoms with Crippen LogP contribution in [-0.2, 0) is 16.2 Å². The van der Waals surface area contributed by atoms with E-state index in [-0.39, 0.29) is 17.0 Å². The van der Waals surface area contributed by atoms with Crippen molar-refractivity contribution >= 4 is 49.8 Å². The molecule has 0 radical (unpaired) electrons. The number of aliphatic hydroxyl groups is 1. The van der Waals surface area contributed by atoms with Gasteiger partial charge in [0.1, 0.15) is 23.7 Å². The number of aromatic nitrogens is 3. The molecule has 1 aliphatic heterocycles. The molecule has 3 aromatic heterocycles. The number of nitrogens with zero attached hydrogens (tertiary/aromatic N) is 4. The van der Waals surface area contributed by atoms with Crippen LogP contribution in [0.15, 0.2) is 96.7 Å². The topological polar surface area (TPSA) is 97.0 Å². The van der Waals surface area contributed by atoms with Crippen LogP contribution in [-0.4, -0.2) is 31.2 Å². The minimum Gasteiger partial charge on any atom is -0.505 e. The number of ether oxygens (including phenoxy) is 1. The quantitative estimate of drug-likeness (QED) is 0.125. The SMILES string of the molecule is Cc1ccc2nc(N3C(=O)C(=O)C(=C(O)c4nc5c(C)cccn5c4C)C3c3ccc(OCc4ccccc4)cc3)sc2c1. The third-order valence-electron chi connectivity index (χ3n) is 7.94. The molecular formula is C35H28N4O4S. The number of Topliss-reactive ketones (excluding diaryl/α,β-unsaturated/α-hetero) is 1. The predicted molar refractivity (Wildman–Crippen MR) is 171 cm³/mol. The molecule has 0 bridgehead atoms. The predicted octanol–water partition coefficient (Wildman–Crippen LogP) is 7.07. The van der Waals surface area contributed by atoms with Crippen molar-refractivity contribution in [3.63, 3.8) is 0 Å². The van der Waals surface area contributed by atoms with Gasteiger partial charge in [-0.15, -0.1) is 0 Å². The maximum atomic E-state index is 13.8. The molecule has 0 saturated carbocycles. The van der Waals surface area contributed by atoms with E-state index in [9.17, 15) is 14.7 Å². The first-order valence-electron chi connectivity index (χ1n) is 14.2. The van der Waals surface area contributed by atoms with Gasteiger partial charge >= 0.3 is 5.91 Å². The van der Waals surface area contributed by atoms with Crippen LogP contribution in [0.2, 0.25) is 0 Å². The van der Waals surface area contributed by atoms with Gasteiger partial charge in [0.2, 0.25) is 0 Å². The number of hydrogen-bond acceptors (Lipinski definition) is 7. The Bertz CT molecular complexity index is 2110. The van der Waals surface area contributed by atoms with Gasteiger partial charge in [-0.3, -0.25) is 14.5 Å². The first-order chi connectivity index (χ1) is 21.3. The highest BCUT2D eigenvalue weighted by Crippen LogP contribution is 2.45. The maximum absolute atomic E-state index is 13.8. The number of aryl methyl sites for hydroxylation is 3. The first-order valence-corrected chi connectivity index (χ1v) is 15.0. The van der Waals surface area contributed by atoms with Crippen molar-refractivity contribution in [1.29, 1.82) is 0 Å². The average Bonchev–Trinajstić information content (AvgIpc) is 3.68. The lowest BCUT2D eigenvalue weighted by atomic mass is 9.96. The molecule has 218 valence electrons. The second-order valence-electron chi connectivity index (χ2n) is 10.9.